The summed E-state index contributed by atoms with van der Waals surface area (Å²) in [7, 11) is 1.77. The maximum absolute atomic E-state index is 12.8. The summed E-state index contributed by atoms with van der Waals surface area (Å²) in [4.78, 5) is 27.1. The molecular formula is C27H31N3O2. The number of rotatable bonds is 8. The van der Waals surface area contributed by atoms with Crippen molar-refractivity contribution in [3.05, 3.63) is 101 Å². The molecular weight excluding hydrogens is 398 g/mol. The van der Waals surface area contributed by atoms with E-state index in [2.05, 4.69) is 10.6 Å². The fraction of sp³-hybridized carbons (Fsp3) is 0.259. The van der Waals surface area contributed by atoms with E-state index in [9.17, 15) is 9.59 Å². The number of carbonyl (C=O) groups is 2. The Morgan fingerprint density at radius 3 is 1.75 bits per heavy atom. The zero-order valence-corrected chi connectivity index (χ0v) is 19.2. The highest BCUT2D eigenvalue weighted by Gasteiger charge is 2.18. The fourth-order valence-corrected chi connectivity index (χ4v) is 3.96. The molecule has 0 aliphatic rings. The third-order valence-corrected chi connectivity index (χ3v) is 5.34. The van der Waals surface area contributed by atoms with Crippen molar-refractivity contribution in [3.63, 3.8) is 0 Å². The summed E-state index contributed by atoms with van der Waals surface area (Å²) >= 11 is 0. The van der Waals surface area contributed by atoms with Crippen LogP contribution in [0, 0.1) is 20.8 Å². The molecule has 0 heterocycles. The lowest BCUT2D eigenvalue weighted by Crippen LogP contribution is -2.40. The Bertz CT molecular complexity index is 1000. The number of aryl methyl sites for hydroxylation is 3. The van der Waals surface area contributed by atoms with Gasteiger partial charge in [0.1, 0.15) is 0 Å². The van der Waals surface area contributed by atoms with Crippen LogP contribution in [0.1, 0.15) is 33.9 Å². The lowest BCUT2D eigenvalue weighted by Gasteiger charge is -2.22. The lowest BCUT2D eigenvalue weighted by atomic mass is 9.99. The molecule has 3 rings (SSSR count). The first-order valence-electron chi connectivity index (χ1n) is 10.8. The molecule has 0 unspecified atom stereocenters. The maximum Gasteiger partial charge on any atom is 0.238 e. The van der Waals surface area contributed by atoms with E-state index in [0.717, 1.165) is 33.5 Å². The summed E-state index contributed by atoms with van der Waals surface area (Å²) in [6, 6.07) is 23.6. The van der Waals surface area contributed by atoms with Crippen LogP contribution in [0.5, 0.6) is 0 Å². The molecule has 0 aliphatic carbocycles. The van der Waals surface area contributed by atoms with E-state index < -0.39 is 0 Å². The van der Waals surface area contributed by atoms with Gasteiger partial charge in [-0.1, -0.05) is 78.4 Å². The van der Waals surface area contributed by atoms with Gasteiger partial charge in [-0.15, -0.1) is 0 Å². The van der Waals surface area contributed by atoms with Crippen LogP contribution in [-0.2, 0) is 9.59 Å². The van der Waals surface area contributed by atoms with Gasteiger partial charge in [0.25, 0.3) is 0 Å². The molecule has 0 bridgehead atoms. The van der Waals surface area contributed by atoms with E-state index in [-0.39, 0.29) is 30.9 Å². The second-order valence-corrected chi connectivity index (χ2v) is 8.32. The van der Waals surface area contributed by atoms with Crippen LogP contribution in [0.3, 0.4) is 0 Å². The molecule has 32 heavy (non-hydrogen) atoms. The van der Waals surface area contributed by atoms with E-state index in [1.165, 1.54) is 0 Å². The molecule has 5 heteroatoms. The van der Waals surface area contributed by atoms with Crippen LogP contribution in [0.15, 0.2) is 72.8 Å². The molecule has 2 N–H and O–H groups in total. The summed E-state index contributed by atoms with van der Waals surface area (Å²) in [5, 5.41) is 6.11. The van der Waals surface area contributed by atoms with Crippen molar-refractivity contribution in [1.29, 1.82) is 0 Å². The van der Waals surface area contributed by atoms with E-state index in [0.29, 0.717) is 0 Å². The predicted octanol–water partition coefficient (Wildman–Crippen LogP) is 4.39. The molecule has 3 aromatic carbocycles. The highest BCUT2D eigenvalue weighted by Crippen LogP contribution is 2.23. The monoisotopic (exact) mass is 429 g/mol. The van der Waals surface area contributed by atoms with Crippen molar-refractivity contribution >= 4 is 17.5 Å². The van der Waals surface area contributed by atoms with Crippen molar-refractivity contribution in [2.45, 2.75) is 26.8 Å². The van der Waals surface area contributed by atoms with Gasteiger partial charge in [-0.3, -0.25) is 14.5 Å². The average Bonchev–Trinajstić information content (AvgIpc) is 2.75. The van der Waals surface area contributed by atoms with Gasteiger partial charge in [0.15, 0.2) is 0 Å². The minimum absolute atomic E-state index is 0.120. The molecule has 0 saturated heterocycles. The molecule has 0 aromatic heterocycles. The molecule has 3 aromatic rings. The van der Waals surface area contributed by atoms with E-state index in [1.807, 2.05) is 93.6 Å². The zero-order valence-electron chi connectivity index (χ0n) is 19.2. The van der Waals surface area contributed by atoms with Gasteiger partial charge in [0.05, 0.1) is 19.1 Å². The third kappa shape index (κ3) is 6.28. The third-order valence-electron chi connectivity index (χ3n) is 5.34. The molecule has 0 aliphatic heterocycles. The number of anilines is 1. The van der Waals surface area contributed by atoms with Crippen molar-refractivity contribution in [2.75, 3.05) is 25.5 Å². The SMILES string of the molecule is Cc1cc(C)c(NC(=O)CN(C)CC(=O)NC(c2ccccc2)c2ccccc2)c(C)c1. The van der Waals surface area contributed by atoms with Gasteiger partial charge >= 0.3 is 0 Å². The van der Waals surface area contributed by atoms with Gasteiger partial charge in [0, 0.05) is 5.69 Å². The highest BCUT2D eigenvalue weighted by molar-refractivity contribution is 5.94. The van der Waals surface area contributed by atoms with Gasteiger partial charge < -0.3 is 10.6 Å². The standard InChI is InChI=1S/C27H31N3O2/c1-19-15-20(2)26(21(3)16-19)28-24(31)17-30(4)18-25(32)29-27(22-11-7-5-8-12-22)23-13-9-6-10-14-23/h5-16,27H,17-18H2,1-4H3,(H,28,31)(H,29,32). The van der Waals surface area contributed by atoms with Gasteiger partial charge in [0.2, 0.25) is 11.8 Å². The maximum atomic E-state index is 12.8. The summed E-state index contributed by atoms with van der Waals surface area (Å²) in [5.74, 6) is -0.279. The second kappa shape index (κ2) is 10.7. The topological polar surface area (TPSA) is 61.4 Å². The van der Waals surface area contributed by atoms with Crippen LogP contribution in [0.2, 0.25) is 0 Å². The van der Waals surface area contributed by atoms with Gasteiger partial charge in [-0.25, -0.2) is 0 Å². The van der Waals surface area contributed by atoms with Crippen molar-refractivity contribution < 1.29 is 9.59 Å². The normalized spacial score (nSPS) is 10.9. The molecule has 5 nitrogen and oxygen atoms in total. The van der Waals surface area contributed by atoms with E-state index in [1.54, 1.807) is 11.9 Å². The largest absolute Gasteiger partial charge is 0.344 e. The Morgan fingerprint density at radius 1 is 0.781 bits per heavy atom. The molecule has 0 fully saturated rings. The predicted molar refractivity (Wildman–Crippen MR) is 130 cm³/mol. The summed E-state index contributed by atoms with van der Waals surface area (Å²) < 4.78 is 0. The Labute approximate surface area is 190 Å². The van der Waals surface area contributed by atoms with Crippen LogP contribution < -0.4 is 10.6 Å². The van der Waals surface area contributed by atoms with E-state index >= 15 is 0 Å². The first-order valence-corrected chi connectivity index (χ1v) is 10.8. The molecule has 0 saturated carbocycles. The molecule has 0 spiro atoms. The van der Waals surface area contributed by atoms with Crippen LogP contribution in [0.25, 0.3) is 0 Å². The van der Waals surface area contributed by atoms with Crippen LogP contribution in [0.4, 0.5) is 5.69 Å². The first kappa shape index (κ1) is 23.2. The Hall–Kier alpha value is -3.44. The van der Waals surface area contributed by atoms with Crippen LogP contribution >= 0.6 is 0 Å². The lowest BCUT2D eigenvalue weighted by molar-refractivity contribution is -0.123. The Balaban J connectivity index is 1.61. The molecule has 2 amide bonds. The number of likely N-dealkylation sites (N-methyl/N-ethyl adjacent to an activating group) is 1. The van der Waals surface area contributed by atoms with E-state index in [4.69, 9.17) is 0 Å². The fourth-order valence-electron chi connectivity index (χ4n) is 3.96. The quantitative estimate of drug-likeness (QED) is 0.558. The van der Waals surface area contributed by atoms with Crippen molar-refractivity contribution in [3.8, 4) is 0 Å². The molecule has 0 radical (unpaired) electrons. The number of amides is 2. The Kier molecular flexibility index (Phi) is 7.79. The second-order valence-electron chi connectivity index (χ2n) is 8.32. The van der Waals surface area contributed by atoms with Crippen molar-refractivity contribution in [2.24, 2.45) is 0 Å². The number of benzene rings is 3. The summed E-state index contributed by atoms with van der Waals surface area (Å²) in [6.07, 6.45) is 0. The van der Waals surface area contributed by atoms with Crippen molar-refractivity contribution in [1.82, 2.24) is 10.2 Å². The highest BCUT2D eigenvalue weighted by atomic mass is 16.2. The molecule has 0 atom stereocenters. The smallest absolute Gasteiger partial charge is 0.238 e. The number of nitrogens with zero attached hydrogens (tertiary/aromatic N) is 1. The molecule has 166 valence electrons. The number of hydrogen-bond donors (Lipinski definition) is 2. The first-order chi connectivity index (χ1) is 15.3. The summed E-state index contributed by atoms with van der Waals surface area (Å²) in [5.41, 5.74) is 6.09. The number of hydrogen-bond acceptors (Lipinski definition) is 3. The minimum Gasteiger partial charge on any atom is -0.344 e. The minimum atomic E-state index is -0.245. The number of nitrogens with one attached hydrogen (secondary N) is 2. The van der Waals surface area contributed by atoms with Gasteiger partial charge in [-0.2, -0.15) is 0 Å². The average molecular weight is 430 g/mol. The van der Waals surface area contributed by atoms with Gasteiger partial charge in [-0.05, 0) is 50.1 Å². The van der Waals surface area contributed by atoms with Crippen LogP contribution in [-0.4, -0.2) is 36.9 Å². The zero-order chi connectivity index (χ0) is 23.1. The Morgan fingerprint density at radius 2 is 1.25 bits per heavy atom. The summed E-state index contributed by atoms with van der Waals surface area (Å²) in [6.45, 7) is 6.26. The number of carbonyl (C=O) groups excluding carboxylic acids is 2.